The first kappa shape index (κ1) is 19.0. The average Bonchev–Trinajstić information content (AvgIpc) is 3.35. The standard InChI is InChI=1S/C20H22N2O4S/c1-24-18-8-7-15(11-19(18)25-2)21-20(23)14-22(12-16-5-3-9-26-16)13-17-6-4-10-27-17/h3-11H,12-14H2,1-2H3,(H,21,23)/p+1. The molecule has 0 radical (unpaired) electrons. The third-order valence-electron chi connectivity index (χ3n) is 4.09. The van der Waals surface area contributed by atoms with Crippen LogP contribution in [-0.2, 0) is 17.9 Å². The van der Waals surface area contributed by atoms with Crippen LogP contribution in [0.2, 0.25) is 0 Å². The fraction of sp³-hybridized carbons (Fsp3) is 0.250. The van der Waals surface area contributed by atoms with E-state index in [4.69, 9.17) is 13.9 Å². The van der Waals surface area contributed by atoms with Gasteiger partial charge in [-0.2, -0.15) is 0 Å². The molecule has 7 heteroatoms. The molecule has 2 heterocycles. The van der Waals surface area contributed by atoms with Crippen molar-refractivity contribution >= 4 is 22.9 Å². The maximum atomic E-state index is 12.6. The molecule has 1 amide bonds. The number of carbonyl (C=O) groups excluding carboxylic acids is 1. The average molecular weight is 387 g/mol. The number of furan rings is 1. The van der Waals surface area contributed by atoms with Crippen molar-refractivity contribution in [2.75, 3.05) is 26.1 Å². The van der Waals surface area contributed by atoms with Crippen LogP contribution >= 0.6 is 11.3 Å². The van der Waals surface area contributed by atoms with Gasteiger partial charge in [0.25, 0.3) is 5.91 Å². The Morgan fingerprint density at radius 1 is 1.11 bits per heavy atom. The minimum absolute atomic E-state index is 0.0691. The third-order valence-corrected chi connectivity index (χ3v) is 4.96. The Bertz CT molecular complexity index is 811. The minimum Gasteiger partial charge on any atom is -0.493 e. The van der Waals surface area contributed by atoms with Gasteiger partial charge in [-0.25, -0.2) is 0 Å². The van der Waals surface area contributed by atoms with Gasteiger partial charge in [-0.1, -0.05) is 6.07 Å². The fourth-order valence-corrected chi connectivity index (χ4v) is 3.63. The molecular weight excluding hydrogens is 364 g/mol. The van der Waals surface area contributed by atoms with Crippen LogP contribution in [0.5, 0.6) is 11.5 Å². The van der Waals surface area contributed by atoms with Crippen LogP contribution in [0.25, 0.3) is 0 Å². The molecule has 1 atom stereocenters. The summed E-state index contributed by atoms with van der Waals surface area (Å²) in [5.74, 6) is 1.99. The highest BCUT2D eigenvalue weighted by Gasteiger charge is 2.18. The highest BCUT2D eigenvalue weighted by Crippen LogP contribution is 2.29. The molecule has 0 saturated carbocycles. The lowest BCUT2D eigenvalue weighted by Crippen LogP contribution is -3.10. The van der Waals surface area contributed by atoms with Gasteiger partial charge in [0, 0.05) is 11.8 Å². The van der Waals surface area contributed by atoms with E-state index in [2.05, 4.69) is 11.4 Å². The van der Waals surface area contributed by atoms with Crippen LogP contribution in [0.3, 0.4) is 0 Å². The van der Waals surface area contributed by atoms with Gasteiger partial charge in [-0.05, 0) is 35.7 Å². The lowest BCUT2D eigenvalue weighted by atomic mass is 10.2. The smallest absolute Gasteiger partial charge is 0.279 e. The van der Waals surface area contributed by atoms with Crippen molar-refractivity contribution in [1.82, 2.24) is 0 Å². The number of carbonyl (C=O) groups is 1. The SMILES string of the molecule is COc1ccc(NC(=O)C[NH+](Cc2ccco2)Cc2cccs2)cc1OC. The van der Waals surface area contributed by atoms with Gasteiger partial charge < -0.3 is 24.1 Å². The molecule has 1 unspecified atom stereocenters. The van der Waals surface area contributed by atoms with Crippen molar-refractivity contribution in [2.45, 2.75) is 13.1 Å². The first-order valence-electron chi connectivity index (χ1n) is 8.58. The van der Waals surface area contributed by atoms with Crippen LogP contribution in [0, 0.1) is 0 Å². The summed E-state index contributed by atoms with van der Waals surface area (Å²) in [4.78, 5) is 14.9. The van der Waals surface area contributed by atoms with Gasteiger partial charge >= 0.3 is 0 Å². The number of hydrogen-bond acceptors (Lipinski definition) is 5. The molecule has 27 heavy (non-hydrogen) atoms. The van der Waals surface area contributed by atoms with Gasteiger partial charge in [-0.3, -0.25) is 4.79 Å². The molecule has 0 bridgehead atoms. The van der Waals surface area contributed by atoms with Gasteiger partial charge in [0.1, 0.15) is 13.1 Å². The molecule has 1 aromatic carbocycles. The van der Waals surface area contributed by atoms with Crippen molar-refractivity contribution in [3.8, 4) is 11.5 Å². The maximum Gasteiger partial charge on any atom is 0.279 e. The molecule has 0 fully saturated rings. The lowest BCUT2D eigenvalue weighted by Gasteiger charge is -2.18. The Hall–Kier alpha value is -2.77. The highest BCUT2D eigenvalue weighted by atomic mass is 32.1. The number of hydrogen-bond donors (Lipinski definition) is 2. The highest BCUT2D eigenvalue weighted by molar-refractivity contribution is 7.09. The Labute approximate surface area is 162 Å². The summed E-state index contributed by atoms with van der Waals surface area (Å²) in [6, 6.07) is 13.2. The summed E-state index contributed by atoms with van der Waals surface area (Å²) in [6.45, 7) is 1.73. The molecule has 0 aliphatic carbocycles. The number of ether oxygens (including phenoxy) is 2. The lowest BCUT2D eigenvalue weighted by molar-refractivity contribution is -0.920. The Morgan fingerprint density at radius 3 is 2.63 bits per heavy atom. The number of benzene rings is 1. The predicted octanol–water partition coefficient (Wildman–Crippen LogP) is 2.58. The number of thiophene rings is 1. The molecular formula is C20H23N2O4S+. The zero-order chi connectivity index (χ0) is 19.1. The third kappa shape index (κ3) is 5.35. The Morgan fingerprint density at radius 2 is 1.96 bits per heavy atom. The first-order chi connectivity index (χ1) is 13.2. The molecule has 0 aliphatic heterocycles. The number of nitrogens with one attached hydrogen (secondary N) is 2. The molecule has 0 spiro atoms. The van der Waals surface area contributed by atoms with E-state index in [1.165, 1.54) is 4.88 Å². The van der Waals surface area contributed by atoms with Crippen molar-refractivity contribution in [1.29, 1.82) is 0 Å². The van der Waals surface area contributed by atoms with E-state index in [-0.39, 0.29) is 5.91 Å². The van der Waals surface area contributed by atoms with Crippen molar-refractivity contribution in [3.63, 3.8) is 0 Å². The van der Waals surface area contributed by atoms with E-state index in [0.29, 0.717) is 30.3 Å². The second-order valence-electron chi connectivity index (χ2n) is 6.06. The number of methoxy groups -OCH3 is 2. The molecule has 3 aromatic rings. The minimum atomic E-state index is -0.0691. The van der Waals surface area contributed by atoms with E-state index >= 15 is 0 Å². The number of quaternary nitrogens is 1. The van der Waals surface area contributed by atoms with Gasteiger partial charge in [-0.15, -0.1) is 11.3 Å². The van der Waals surface area contributed by atoms with Crippen molar-refractivity contribution < 1.29 is 23.6 Å². The summed E-state index contributed by atoms with van der Waals surface area (Å²) < 4.78 is 16.0. The summed E-state index contributed by atoms with van der Waals surface area (Å²) in [5, 5.41) is 4.98. The molecule has 3 rings (SSSR count). The molecule has 2 aromatic heterocycles. The largest absolute Gasteiger partial charge is 0.493 e. The quantitative estimate of drug-likeness (QED) is 0.592. The molecule has 0 aliphatic rings. The second-order valence-corrected chi connectivity index (χ2v) is 7.09. The van der Waals surface area contributed by atoms with Crippen LogP contribution in [-0.4, -0.2) is 26.7 Å². The second kappa shape index (κ2) is 9.25. The number of anilines is 1. The van der Waals surface area contributed by atoms with Crippen LogP contribution in [0.1, 0.15) is 10.6 Å². The van der Waals surface area contributed by atoms with E-state index in [1.807, 2.05) is 23.6 Å². The van der Waals surface area contributed by atoms with Crippen LogP contribution in [0.4, 0.5) is 5.69 Å². The maximum absolute atomic E-state index is 12.6. The molecule has 6 nitrogen and oxygen atoms in total. The molecule has 142 valence electrons. The molecule has 0 saturated heterocycles. The van der Waals surface area contributed by atoms with Gasteiger partial charge in [0.15, 0.2) is 23.8 Å². The monoisotopic (exact) mass is 387 g/mol. The van der Waals surface area contributed by atoms with Crippen molar-refractivity contribution in [3.05, 3.63) is 64.7 Å². The number of rotatable bonds is 9. The van der Waals surface area contributed by atoms with Gasteiger partial charge in [0.2, 0.25) is 0 Å². The summed E-state index contributed by atoms with van der Waals surface area (Å²) >= 11 is 1.69. The predicted molar refractivity (Wildman–Crippen MR) is 104 cm³/mol. The van der Waals surface area contributed by atoms with Gasteiger partial charge in [0.05, 0.1) is 25.4 Å². The van der Waals surface area contributed by atoms with E-state index < -0.39 is 0 Å². The summed E-state index contributed by atoms with van der Waals surface area (Å²) in [5.41, 5.74) is 0.672. The zero-order valence-corrected chi connectivity index (χ0v) is 16.2. The van der Waals surface area contributed by atoms with Crippen LogP contribution < -0.4 is 19.7 Å². The van der Waals surface area contributed by atoms with Crippen LogP contribution in [0.15, 0.2) is 58.5 Å². The van der Waals surface area contributed by atoms with E-state index in [1.54, 1.807) is 50.0 Å². The Kier molecular flexibility index (Phi) is 6.51. The Balaban J connectivity index is 1.66. The van der Waals surface area contributed by atoms with E-state index in [0.717, 1.165) is 17.2 Å². The molecule has 2 N–H and O–H groups in total. The zero-order valence-electron chi connectivity index (χ0n) is 15.4. The normalized spacial score (nSPS) is 11.8. The first-order valence-corrected chi connectivity index (χ1v) is 9.46. The van der Waals surface area contributed by atoms with Crippen molar-refractivity contribution in [2.24, 2.45) is 0 Å². The fourth-order valence-electron chi connectivity index (χ4n) is 2.85. The summed E-state index contributed by atoms with van der Waals surface area (Å²) in [7, 11) is 3.15. The van der Waals surface area contributed by atoms with E-state index in [9.17, 15) is 4.79 Å². The topological polar surface area (TPSA) is 65.1 Å². The number of amides is 1. The summed E-state index contributed by atoms with van der Waals surface area (Å²) in [6.07, 6.45) is 1.65.